The van der Waals surface area contributed by atoms with Gasteiger partial charge in [0.2, 0.25) is 0 Å². The summed E-state index contributed by atoms with van der Waals surface area (Å²) >= 11 is 0. The Hall–Kier alpha value is -1.54. The van der Waals surface area contributed by atoms with Gasteiger partial charge in [-0.25, -0.2) is 0 Å². The molecule has 0 radical (unpaired) electrons. The van der Waals surface area contributed by atoms with Crippen molar-refractivity contribution in [2.45, 2.75) is 6.42 Å². The second kappa shape index (κ2) is 4.04. The molecule has 1 aliphatic rings. The summed E-state index contributed by atoms with van der Waals surface area (Å²) in [5.41, 5.74) is 4.18. The average Bonchev–Trinajstić information content (AvgIpc) is 2.71. The van der Waals surface area contributed by atoms with Crippen molar-refractivity contribution in [1.29, 1.82) is 0 Å². The van der Waals surface area contributed by atoms with Gasteiger partial charge in [-0.15, -0.1) is 0 Å². The minimum Gasteiger partial charge on any atom is -0.351 e. The number of benzene rings is 1. The summed E-state index contributed by atoms with van der Waals surface area (Å²) in [5.74, 6) is 0. The molecule has 0 bridgehead atoms. The SMILES string of the molecule is CN1CCC=C(c2cccc3c2ccn3C)C1. The highest BCUT2D eigenvalue weighted by atomic mass is 15.1. The Morgan fingerprint density at radius 2 is 2.00 bits per heavy atom. The zero-order valence-electron chi connectivity index (χ0n) is 10.5. The van der Waals surface area contributed by atoms with Crippen LogP contribution in [0.1, 0.15) is 12.0 Å². The first-order chi connectivity index (χ1) is 8.25. The third-order valence-corrected chi connectivity index (χ3v) is 3.62. The first-order valence-corrected chi connectivity index (χ1v) is 6.18. The van der Waals surface area contributed by atoms with Crippen LogP contribution in [0, 0.1) is 0 Å². The number of nitrogens with zero attached hydrogens (tertiary/aromatic N) is 2. The molecule has 0 saturated heterocycles. The van der Waals surface area contributed by atoms with Crippen molar-refractivity contribution in [2.24, 2.45) is 7.05 Å². The molecule has 0 fully saturated rings. The highest BCUT2D eigenvalue weighted by molar-refractivity contribution is 5.93. The van der Waals surface area contributed by atoms with Crippen LogP contribution in [0.5, 0.6) is 0 Å². The molecule has 2 heterocycles. The number of aromatic nitrogens is 1. The Labute approximate surface area is 102 Å². The Morgan fingerprint density at radius 3 is 2.82 bits per heavy atom. The monoisotopic (exact) mass is 226 g/mol. The number of aryl methyl sites for hydroxylation is 1. The van der Waals surface area contributed by atoms with Crippen molar-refractivity contribution in [1.82, 2.24) is 9.47 Å². The lowest BCUT2D eigenvalue weighted by Crippen LogP contribution is -2.24. The lowest BCUT2D eigenvalue weighted by atomic mass is 9.98. The van der Waals surface area contributed by atoms with Gasteiger partial charge in [-0.3, -0.25) is 0 Å². The van der Waals surface area contributed by atoms with Gasteiger partial charge in [0.1, 0.15) is 0 Å². The Morgan fingerprint density at radius 1 is 1.12 bits per heavy atom. The first-order valence-electron chi connectivity index (χ1n) is 6.18. The number of likely N-dealkylation sites (N-methyl/N-ethyl adjacent to an activating group) is 1. The van der Waals surface area contributed by atoms with E-state index in [2.05, 4.69) is 60.1 Å². The van der Waals surface area contributed by atoms with E-state index >= 15 is 0 Å². The summed E-state index contributed by atoms with van der Waals surface area (Å²) in [6.45, 7) is 2.24. The molecule has 0 amide bonds. The van der Waals surface area contributed by atoms with Gasteiger partial charge < -0.3 is 9.47 Å². The zero-order chi connectivity index (χ0) is 11.8. The van der Waals surface area contributed by atoms with E-state index in [-0.39, 0.29) is 0 Å². The molecule has 0 atom stereocenters. The summed E-state index contributed by atoms with van der Waals surface area (Å²) in [6.07, 6.45) is 5.69. The number of fused-ring (bicyclic) bond motifs is 1. The molecule has 3 rings (SSSR count). The molecule has 0 N–H and O–H groups in total. The predicted molar refractivity (Wildman–Crippen MR) is 73.0 cm³/mol. The fourth-order valence-corrected chi connectivity index (χ4v) is 2.67. The average molecular weight is 226 g/mol. The maximum atomic E-state index is 2.39. The molecule has 0 spiro atoms. The van der Waals surface area contributed by atoms with Crippen LogP contribution in [-0.4, -0.2) is 29.6 Å². The first kappa shape index (κ1) is 10.6. The number of rotatable bonds is 1. The summed E-state index contributed by atoms with van der Waals surface area (Å²) in [4.78, 5) is 2.39. The van der Waals surface area contributed by atoms with Crippen molar-refractivity contribution >= 4 is 16.5 Å². The Balaban J connectivity index is 2.14. The lowest BCUT2D eigenvalue weighted by molar-refractivity contribution is 0.373. The van der Waals surface area contributed by atoms with Gasteiger partial charge in [0.25, 0.3) is 0 Å². The van der Waals surface area contributed by atoms with E-state index in [1.54, 1.807) is 0 Å². The van der Waals surface area contributed by atoms with E-state index in [0.29, 0.717) is 0 Å². The Bertz CT molecular complexity index is 578. The van der Waals surface area contributed by atoms with Gasteiger partial charge in [0.05, 0.1) is 0 Å². The molecule has 2 nitrogen and oxygen atoms in total. The van der Waals surface area contributed by atoms with Gasteiger partial charge in [-0.2, -0.15) is 0 Å². The minimum atomic E-state index is 1.06. The van der Waals surface area contributed by atoms with Gasteiger partial charge in [0, 0.05) is 37.2 Å². The fourth-order valence-electron chi connectivity index (χ4n) is 2.67. The van der Waals surface area contributed by atoms with E-state index in [9.17, 15) is 0 Å². The predicted octanol–water partition coefficient (Wildman–Crippen LogP) is 2.90. The van der Waals surface area contributed by atoms with E-state index in [4.69, 9.17) is 0 Å². The van der Waals surface area contributed by atoms with Crippen LogP contribution in [0.3, 0.4) is 0 Å². The zero-order valence-corrected chi connectivity index (χ0v) is 10.5. The fraction of sp³-hybridized carbons (Fsp3) is 0.333. The highest BCUT2D eigenvalue weighted by Gasteiger charge is 2.13. The quantitative estimate of drug-likeness (QED) is 0.726. The van der Waals surface area contributed by atoms with Gasteiger partial charge in [-0.1, -0.05) is 18.2 Å². The summed E-state index contributed by atoms with van der Waals surface area (Å²) < 4.78 is 2.19. The molecule has 1 aromatic carbocycles. The topological polar surface area (TPSA) is 8.17 Å². The second-order valence-corrected chi connectivity index (χ2v) is 4.92. The van der Waals surface area contributed by atoms with Crippen LogP contribution < -0.4 is 0 Å². The van der Waals surface area contributed by atoms with Crippen LogP contribution in [0.15, 0.2) is 36.5 Å². The largest absolute Gasteiger partial charge is 0.351 e. The van der Waals surface area contributed by atoms with Gasteiger partial charge in [-0.05, 0) is 36.7 Å². The van der Waals surface area contributed by atoms with E-state index in [0.717, 1.165) is 13.0 Å². The molecule has 2 heteroatoms. The molecule has 1 aliphatic heterocycles. The van der Waals surface area contributed by atoms with Crippen LogP contribution in [0.2, 0.25) is 0 Å². The number of hydrogen-bond donors (Lipinski definition) is 0. The van der Waals surface area contributed by atoms with Crippen LogP contribution in [-0.2, 0) is 7.05 Å². The number of hydrogen-bond acceptors (Lipinski definition) is 1. The molecular weight excluding hydrogens is 208 g/mol. The van der Waals surface area contributed by atoms with E-state index in [1.165, 1.54) is 28.6 Å². The molecule has 0 aliphatic carbocycles. The van der Waals surface area contributed by atoms with Crippen LogP contribution in [0.4, 0.5) is 0 Å². The highest BCUT2D eigenvalue weighted by Crippen LogP contribution is 2.28. The molecular formula is C15H18N2. The van der Waals surface area contributed by atoms with Crippen molar-refractivity contribution in [3.05, 3.63) is 42.1 Å². The maximum absolute atomic E-state index is 2.39. The Kier molecular flexibility index (Phi) is 2.52. The van der Waals surface area contributed by atoms with E-state index < -0.39 is 0 Å². The van der Waals surface area contributed by atoms with Crippen LogP contribution >= 0.6 is 0 Å². The smallest absolute Gasteiger partial charge is 0.0483 e. The summed E-state index contributed by atoms with van der Waals surface area (Å²) in [5, 5.41) is 1.37. The van der Waals surface area contributed by atoms with Crippen molar-refractivity contribution in [2.75, 3.05) is 20.1 Å². The van der Waals surface area contributed by atoms with E-state index in [1.807, 2.05) is 0 Å². The lowest BCUT2D eigenvalue weighted by Gasteiger charge is -2.23. The molecule has 1 aromatic heterocycles. The molecule has 88 valence electrons. The maximum Gasteiger partial charge on any atom is 0.0483 e. The molecule has 0 saturated carbocycles. The molecule has 0 unspecified atom stereocenters. The van der Waals surface area contributed by atoms with Crippen molar-refractivity contribution in [3.8, 4) is 0 Å². The van der Waals surface area contributed by atoms with Gasteiger partial charge in [0.15, 0.2) is 0 Å². The standard InChI is InChI=1S/C15H18N2/c1-16-9-4-5-12(11-16)13-6-3-7-15-14(13)8-10-17(15)2/h3,5-8,10H,4,9,11H2,1-2H3. The van der Waals surface area contributed by atoms with Crippen molar-refractivity contribution in [3.63, 3.8) is 0 Å². The second-order valence-electron chi connectivity index (χ2n) is 4.92. The molecule has 2 aromatic rings. The summed E-state index contributed by atoms with van der Waals surface area (Å²) in [7, 11) is 4.30. The van der Waals surface area contributed by atoms with Gasteiger partial charge >= 0.3 is 0 Å². The normalized spacial score (nSPS) is 17.4. The van der Waals surface area contributed by atoms with Crippen LogP contribution in [0.25, 0.3) is 16.5 Å². The third kappa shape index (κ3) is 1.79. The third-order valence-electron chi connectivity index (χ3n) is 3.62. The molecule has 17 heavy (non-hydrogen) atoms. The minimum absolute atomic E-state index is 1.06. The van der Waals surface area contributed by atoms with Crippen molar-refractivity contribution < 1.29 is 0 Å². The summed E-state index contributed by atoms with van der Waals surface area (Å²) in [6, 6.07) is 8.81.